The summed E-state index contributed by atoms with van der Waals surface area (Å²) in [6.07, 6.45) is 1.08. The summed E-state index contributed by atoms with van der Waals surface area (Å²) in [5, 5.41) is 13.3. The molecule has 1 fully saturated rings. The molecule has 8 heteroatoms. The monoisotopic (exact) mass is 446 g/mol. The molecule has 0 saturated heterocycles. The highest BCUT2D eigenvalue weighted by Gasteiger charge is 2.43. The Balaban J connectivity index is 1.40. The Hall–Kier alpha value is -2.02. The second-order valence-corrected chi connectivity index (χ2v) is 8.69. The minimum Gasteiger partial charge on any atom is -0.324 e. The molecule has 0 spiro atoms. The van der Waals surface area contributed by atoms with Crippen molar-refractivity contribution in [2.75, 3.05) is 11.1 Å². The van der Waals surface area contributed by atoms with E-state index in [-0.39, 0.29) is 11.7 Å². The summed E-state index contributed by atoms with van der Waals surface area (Å²) >= 11 is 13.5. The van der Waals surface area contributed by atoms with Crippen LogP contribution in [0.3, 0.4) is 0 Å². The Bertz CT molecular complexity index is 1020. The van der Waals surface area contributed by atoms with Crippen LogP contribution >= 0.6 is 35.0 Å². The predicted molar refractivity (Wildman–Crippen MR) is 118 cm³/mol. The molecule has 0 radical (unpaired) electrons. The van der Waals surface area contributed by atoms with Crippen molar-refractivity contribution in [3.63, 3.8) is 0 Å². The summed E-state index contributed by atoms with van der Waals surface area (Å²) in [6.45, 7) is 2.84. The van der Waals surface area contributed by atoms with E-state index in [0.717, 1.165) is 23.9 Å². The van der Waals surface area contributed by atoms with E-state index >= 15 is 0 Å². The lowest BCUT2D eigenvalue weighted by atomic mass is 10.1. The summed E-state index contributed by atoms with van der Waals surface area (Å²) in [6, 6.07) is 15.5. The van der Waals surface area contributed by atoms with Gasteiger partial charge in [0.1, 0.15) is 5.82 Å². The molecule has 1 N–H and O–H groups in total. The van der Waals surface area contributed by atoms with E-state index < -0.39 is 0 Å². The lowest BCUT2D eigenvalue weighted by Crippen LogP contribution is -2.15. The predicted octanol–water partition coefficient (Wildman–Crippen LogP) is 5.61. The first-order chi connectivity index (χ1) is 14.1. The maximum absolute atomic E-state index is 12.3. The Labute approximate surface area is 183 Å². The molecular formula is C21H20Cl2N4OS. The average molecular weight is 447 g/mol. The van der Waals surface area contributed by atoms with Gasteiger partial charge in [0.2, 0.25) is 5.91 Å². The number of hydrogen-bond donors (Lipinski definition) is 1. The maximum atomic E-state index is 12.3. The fourth-order valence-corrected chi connectivity index (χ4v) is 4.58. The summed E-state index contributed by atoms with van der Waals surface area (Å²) in [5.41, 5.74) is 1.85. The van der Waals surface area contributed by atoms with Crippen LogP contribution in [0.4, 0.5) is 5.69 Å². The molecule has 3 aromatic rings. The van der Waals surface area contributed by atoms with Gasteiger partial charge in [0.05, 0.1) is 16.5 Å². The van der Waals surface area contributed by atoms with Crippen molar-refractivity contribution in [1.82, 2.24) is 14.8 Å². The van der Waals surface area contributed by atoms with E-state index in [4.69, 9.17) is 23.2 Å². The van der Waals surface area contributed by atoms with Crippen LogP contribution in [0.5, 0.6) is 0 Å². The Morgan fingerprint density at radius 2 is 1.97 bits per heavy atom. The number of carbonyl (C=O) groups is 1. The molecule has 2 aromatic carbocycles. The maximum Gasteiger partial charge on any atom is 0.234 e. The van der Waals surface area contributed by atoms with E-state index in [1.807, 2.05) is 6.07 Å². The summed E-state index contributed by atoms with van der Waals surface area (Å²) in [7, 11) is 0. The highest BCUT2D eigenvalue weighted by atomic mass is 35.5. The molecular weight excluding hydrogens is 427 g/mol. The first-order valence-corrected chi connectivity index (χ1v) is 11.2. The summed E-state index contributed by atoms with van der Waals surface area (Å²) < 4.78 is 2.11. The van der Waals surface area contributed by atoms with E-state index in [1.165, 1.54) is 17.3 Å². The Morgan fingerprint density at radius 3 is 2.72 bits per heavy atom. The lowest BCUT2D eigenvalue weighted by Gasteiger charge is -2.09. The Kier molecular flexibility index (Phi) is 6.13. The molecule has 29 heavy (non-hydrogen) atoms. The van der Waals surface area contributed by atoms with Crippen LogP contribution in [0.2, 0.25) is 10.0 Å². The quantitative estimate of drug-likeness (QED) is 0.479. The van der Waals surface area contributed by atoms with Gasteiger partial charge in [0.15, 0.2) is 5.16 Å². The van der Waals surface area contributed by atoms with Crippen molar-refractivity contribution >= 4 is 46.6 Å². The standard InChI is InChI=1S/C21H20Cl2N4OS/c1-2-27-20(16-11-15(16)13-6-4-3-5-7-13)25-26-21(27)29-12-19(28)24-18-10-14(22)8-9-17(18)23/h3-10,15-16H,2,11-12H2,1H3,(H,24,28). The van der Waals surface area contributed by atoms with Gasteiger partial charge in [0.25, 0.3) is 0 Å². The molecule has 1 aliphatic rings. The van der Waals surface area contributed by atoms with Crippen LogP contribution in [-0.2, 0) is 11.3 Å². The number of thioether (sulfide) groups is 1. The fourth-order valence-electron chi connectivity index (χ4n) is 3.44. The number of nitrogens with one attached hydrogen (secondary N) is 1. The lowest BCUT2D eigenvalue weighted by molar-refractivity contribution is -0.113. The summed E-state index contributed by atoms with van der Waals surface area (Å²) in [5.74, 6) is 1.94. The van der Waals surface area contributed by atoms with Gasteiger partial charge in [-0.05, 0) is 43.0 Å². The van der Waals surface area contributed by atoms with Crippen LogP contribution in [0, 0.1) is 0 Å². The van der Waals surface area contributed by atoms with Gasteiger partial charge in [-0.1, -0.05) is 65.3 Å². The minimum absolute atomic E-state index is 0.167. The molecule has 2 unspecified atom stereocenters. The van der Waals surface area contributed by atoms with Gasteiger partial charge < -0.3 is 9.88 Å². The molecule has 4 rings (SSSR count). The number of amides is 1. The normalized spacial score (nSPS) is 17.9. The molecule has 1 heterocycles. The van der Waals surface area contributed by atoms with E-state index in [0.29, 0.717) is 27.6 Å². The molecule has 0 bridgehead atoms. The zero-order valence-corrected chi connectivity index (χ0v) is 18.1. The van der Waals surface area contributed by atoms with E-state index in [1.54, 1.807) is 18.2 Å². The van der Waals surface area contributed by atoms with Crippen LogP contribution in [0.15, 0.2) is 53.7 Å². The number of rotatable bonds is 7. The molecule has 1 aliphatic carbocycles. The number of benzene rings is 2. The van der Waals surface area contributed by atoms with Gasteiger partial charge >= 0.3 is 0 Å². The molecule has 1 amide bonds. The molecule has 150 valence electrons. The minimum atomic E-state index is -0.167. The van der Waals surface area contributed by atoms with Gasteiger partial charge in [-0.2, -0.15) is 0 Å². The van der Waals surface area contributed by atoms with Crippen molar-refractivity contribution in [3.8, 4) is 0 Å². The van der Waals surface area contributed by atoms with Crippen LogP contribution < -0.4 is 5.32 Å². The zero-order valence-electron chi connectivity index (χ0n) is 15.8. The van der Waals surface area contributed by atoms with Gasteiger partial charge in [-0.25, -0.2) is 0 Å². The van der Waals surface area contributed by atoms with Gasteiger partial charge in [-0.3, -0.25) is 4.79 Å². The van der Waals surface area contributed by atoms with Crippen LogP contribution in [0.25, 0.3) is 0 Å². The van der Waals surface area contributed by atoms with Crippen molar-refractivity contribution in [2.45, 2.75) is 36.9 Å². The second-order valence-electron chi connectivity index (χ2n) is 6.91. The highest BCUT2D eigenvalue weighted by molar-refractivity contribution is 7.99. The third-order valence-electron chi connectivity index (χ3n) is 4.95. The third-order valence-corrected chi connectivity index (χ3v) is 6.48. The number of halogens is 2. The molecule has 1 saturated carbocycles. The first-order valence-electron chi connectivity index (χ1n) is 9.42. The number of hydrogen-bond acceptors (Lipinski definition) is 4. The van der Waals surface area contributed by atoms with Gasteiger partial charge in [0, 0.05) is 17.5 Å². The largest absolute Gasteiger partial charge is 0.324 e. The zero-order chi connectivity index (χ0) is 20.4. The smallest absolute Gasteiger partial charge is 0.234 e. The Morgan fingerprint density at radius 1 is 1.17 bits per heavy atom. The van der Waals surface area contributed by atoms with Crippen molar-refractivity contribution in [1.29, 1.82) is 0 Å². The van der Waals surface area contributed by atoms with Crippen LogP contribution in [-0.4, -0.2) is 26.4 Å². The molecule has 0 aliphatic heterocycles. The fraction of sp³-hybridized carbons (Fsp3) is 0.286. The van der Waals surface area contributed by atoms with E-state index in [9.17, 15) is 4.79 Å². The SMILES string of the molecule is CCn1c(SCC(=O)Nc2cc(Cl)ccc2Cl)nnc1C1CC1c1ccccc1. The van der Waals surface area contributed by atoms with Crippen molar-refractivity contribution in [3.05, 3.63) is 70.0 Å². The number of aromatic nitrogens is 3. The molecule has 2 atom stereocenters. The second kappa shape index (κ2) is 8.78. The van der Waals surface area contributed by atoms with E-state index in [2.05, 4.69) is 51.3 Å². The summed E-state index contributed by atoms with van der Waals surface area (Å²) in [4.78, 5) is 12.3. The van der Waals surface area contributed by atoms with Gasteiger partial charge in [-0.15, -0.1) is 10.2 Å². The average Bonchev–Trinajstić information content (AvgIpc) is 3.42. The van der Waals surface area contributed by atoms with Crippen molar-refractivity contribution < 1.29 is 4.79 Å². The topological polar surface area (TPSA) is 59.8 Å². The number of nitrogens with zero attached hydrogens (tertiary/aromatic N) is 3. The molecule has 1 aromatic heterocycles. The third kappa shape index (κ3) is 4.60. The number of carbonyl (C=O) groups excluding carboxylic acids is 1. The van der Waals surface area contributed by atoms with Crippen molar-refractivity contribution in [2.24, 2.45) is 0 Å². The highest BCUT2D eigenvalue weighted by Crippen LogP contribution is 2.54. The first kappa shape index (κ1) is 20.3. The number of anilines is 1. The van der Waals surface area contributed by atoms with Crippen LogP contribution in [0.1, 0.15) is 36.6 Å². The molecule has 5 nitrogen and oxygen atoms in total.